The van der Waals surface area contributed by atoms with Gasteiger partial charge in [-0.3, -0.25) is 14.9 Å². The zero-order chi connectivity index (χ0) is 14.5. The number of para-hydroxylation sites is 1. The Labute approximate surface area is 123 Å². The molecule has 0 aliphatic carbocycles. The standard InChI is InChI=1S/C14H10BrNO4/c15-12-5-6-14(11(7-12)8-17)20-9-10-3-1-2-4-13(10)16(18)19/h1-8H,9H2. The summed E-state index contributed by atoms with van der Waals surface area (Å²) in [5.41, 5.74) is 0.840. The Balaban J connectivity index is 2.21. The van der Waals surface area contributed by atoms with E-state index in [0.29, 0.717) is 23.2 Å². The Morgan fingerprint density at radius 3 is 2.70 bits per heavy atom. The molecule has 0 bridgehead atoms. The quantitative estimate of drug-likeness (QED) is 0.474. The Kier molecular flexibility index (Phi) is 4.47. The molecule has 2 rings (SSSR count). The maximum Gasteiger partial charge on any atom is 0.276 e. The van der Waals surface area contributed by atoms with Crippen LogP contribution in [0.2, 0.25) is 0 Å². The molecule has 20 heavy (non-hydrogen) atoms. The molecule has 0 unspecified atom stereocenters. The monoisotopic (exact) mass is 335 g/mol. The number of nitro benzene ring substituents is 1. The molecule has 102 valence electrons. The number of benzene rings is 2. The van der Waals surface area contributed by atoms with Gasteiger partial charge in [0.1, 0.15) is 12.4 Å². The first-order valence-electron chi connectivity index (χ1n) is 5.71. The molecule has 2 aromatic carbocycles. The highest BCUT2D eigenvalue weighted by molar-refractivity contribution is 9.10. The third kappa shape index (κ3) is 3.21. The molecule has 0 amide bonds. The molecule has 6 heteroatoms. The van der Waals surface area contributed by atoms with Gasteiger partial charge in [-0.15, -0.1) is 0 Å². The first-order chi connectivity index (χ1) is 9.61. The maximum absolute atomic E-state index is 11.0. The molecule has 0 heterocycles. The molecule has 0 saturated carbocycles. The molecular formula is C14H10BrNO4. The van der Waals surface area contributed by atoms with E-state index in [1.807, 2.05) is 0 Å². The van der Waals surface area contributed by atoms with E-state index in [2.05, 4.69) is 15.9 Å². The van der Waals surface area contributed by atoms with Gasteiger partial charge in [0.15, 0.2) is 6.29 Å². The minimum Gasteiger partial charge on any atom is -0.488 e. The second-order valence-corrected chi connectivity index (χ2v) is 4.89. The van der Waals surface area contributed by atoms with E-state index in [1.54, 1.807) is 36.4 Å². The number of rotatable bonds is 5. The first-order valence-corrected chi connectivity index (χ1v) is 6.51. The lowest BCUT2D eigenvalue weighted by Gasteiger charge is -2.09. The number of aldehydes is 1. The van der Waals surface area contributed by atoms with Gasteiger partial charge in [-0.2, -0.15) is 0 Å². The number of carbonyl (C=O) groups excluding carboxylic acids is 1. The van der Waals surface area contributed by atoms with Gasteiger partial charge in [0.05, 0.1) is 16.1 Å². The highest BCUT2D eigenvalue weighted by Gasteiger charge is 2.13. The Bertz CT molecular complexity index is 657. The zero-order valence-corrected chi connectivity index (χ0v) is 11.9. The van der Waals surface area contributed by atoms with Crippen molar-refractivity contribution < 1.29 is 14.5 Å². The van der Waals surface area contributed by atoms with Gasteiger partial charge in [0.2, 0.25) is 0 Å². The molecule has 2 aromatic rings. The van der Waals surface area contributed by atoms with E-state index in [-0.39, 0.29) is 12.3 Å². The van der Waals surface area contributed by atoms with Crippen LogP contribution < -0.4 is 4.74 Å². The topological polar surface area (TPSA) is 69.4 Å². The molecule has 0 aromatic heterocycles. The third-order valence-electron chi connectivity index (χ3n) is 2.67. The Hall–Kier alpha value is -2.21. The second-order valence-electron chi connectivity index (χ2n) is 3.97. The summed E-state index contributed by atoms with van der Waals surface area (Å²) in [7, 11) is 0. The first kappa shape index (κ1) is 14.2. The van der Waals surface area contributed by atoms with Crippen molar-refractivity contribution in [3.05, 3.63) is 68.2 Å². The zero-order valence-electron chi connectivity index (χ0n) is 10.3. The van der Waals surface area contributed by atoms with Crippen LogP contribution in [0.3, 0.4) is 0 Å². The van der Waals surface area contributed by atoms with Gasteiger partial charge in [-0.05, 0) is 24.3 Å². The normalized spacial score (nSPS) is 10.1. The van der Waals surface area contributed by atoms with Crippen molar-refractivity contribution in [2.24, 2.45) is 0 Å². The summed E-state index contributed by atoms with van der Waals surface area (Å²) < 4.78 is 6.27. The molecule has 0 spiro atoms. The lowest BCUT2D eigenvalue weighted by molar-refractivity contribution is -0.385. The fraction of sp³-hybridized carbons (Fsp3) is 0.0714. The van der Waals surface area contributed by atoms with Gasteiger partial charge >= 0.3 is 0 Å². The van der Waals surface area contributed by atoms with Crippen LogP contribution in [-0.4, -0.2) is 11.2 Å². The predicted molar refractivity (Wildman–Crippen MR) is 77.0 cm³/mol. The van der Waals surface area contributed by atoms with E-state index < -0.39 is 4.92 Å². The van der Waals surface area contributed by atoms with Crippen LogP contribution in [0.4, 0.5) is 5.69 Å². The highest BCUT2D eigenvalue weighted by Crippen LogP contribution is 2.24. The van der Waals surface area contributed by atoms with Gasteiger partial charge < -0.3 is 4.74 Å². The molecule has 0 N–H and O–H groups in total. The summed E-state index contributed by atoms with van der Waals surface area (Å²) in [6, 6.07) is 11.3. The number of nitrogens with zero attached hydrogens (tertiary/aromatic N) is 1. The van der Waals surface area contributed by atoms with Crippen LogP contribution in [0.5, 0.6) is 5.75 Å². The van der Waals surface area contributed by atoms with Crippen LogP contribution in [0, 0.1) is 10.1 Å². The van der Waals surface area contributed by atoms with Gasteiger partial charge in [0.25, 0.3) is 5.69 Å². The van der Waals surface area contributed by atoms with E-state index >= 15 is 0 Å². The van der Waals surface area contributed by atoms with Crippen LogP contribution in [0.1, 0.15) is 15.9 Å². The summed E-state index contributed by atoms with van der Waals surface area (Å²) in [5.74, 6) is 0.390. The van der Waals surface area contributed by atoms with Crippen molar-refractivity contribution in [1.82, 2.24) is 0 Å². The molecule has 0 fully saturated rings. The summed E-state index contributed by atoms with van der Waals surface area (Å²) in [6.07, 6.45) is 0.680. The van der Waals surface area contributed by atoms with Crippen LogP contribution in [0.15, 0.2) is 46.9 Å². The summed E-state index contributed by atoms with van der Waals surface area (Å²) in [5, 5.41) is 10.9. The SMILES string of the molecule is O=Cc1cc(Br)ccc1OCc1ccccc1[N+](=O)[O-]. The predicted octanol–water partition coefficient (Wildman–Crippen LogP) is 3.75. The fourth-order valence-corrected chi connectivity index (χ4v) is 2.09. The smallest absolute Gasteiger partial charge is 0.276 e. The van der Waals surface area contributed by atoms with E-state index in [4.69, 9.17) is 4.74 Å². The molecule has 0 aliphatic rings. The molecular weight excluding hydrogens is 326 g/mol. The number of ether oxygens (including phenoxy) is 1. The minimum absolute atomic E-state index is 0.00253. The van der Waals surface area contributed by atoms with Crippen LogP contribution >= 0.6 is 15.9 Å². The average Bonchev–Trinajstić information content (AvgIpc) is 2.46. The molecule has 0 saturated heterocycles. The fourth-order valence-electron chi connectivity index (χ4n) is 1.71. The number of halogens is 1. The van der Waals surface area contributed by atoms with Crippen molar-refractivity contribution in [2.75, 3.05) is 0 Å². The highest BCUT2D eigenvalue weighted by atomic mass is 79.9. The maximum atomic E-state index is 11.0. The van der Waals surface area contributed by atoms with Crippen molar-refractivity contribution in [1.29, 1.82) is 0 Å². The summed E-state index contributed by atoms with van der Waals surface area (Å²) >= 11 is 3.26. The van der Waals surface area contributed by atoms with Crippen molar-refractivity contribution in [2.45, 2.75) is 6.61 Å². The van der Waals surface area contributed by atoms with E-state index in [9.17, 15) is 14.9 Å². The van der Waals surface area contributed by atoms with Crippen LogP contribution in [-0.2, 0) is 6.61 Å². The Morgan fingerprint density at radius 2 is 2.00 bits per heavy atom. The summed E-state index contributed by atoms with van der Waals surface area (Å²) in [6.45, 7) is 0.0274. The average molecular weight is 336 g/mol. The minimum atomic E-state index is -0.457. The Morgan fingerprint density at radius 1 is 1.25 bits per heavy atom. The molecule has 0 radical (unpaired) electrons. The van der Waals surface area contributed by atoms with Gasteiger partial charge in [-0.1, -0.05) is 28.1 Å². The van der Waals surface area contributed by atoms with Crippen LogP contribution in [0.25, 0.3) is 0 Å². The van der Waals surface area contributed by atoms with Gasteiger partial charge in [-0.25, -0.2) is 0 Å². The van der Waals surface area contributed by atoms with Crippen molar-refractivity contribution in [3.63, 3.8) is 0 Å². The second kappa shape index (κ2) is 6.29. The van der Waals surface area contributed by atoms with E-state index in [1.165, 1.54) is 6.07 Å². The summed E-state index contributed by atoms with van der Waals surface area (Å²) in [4.78, 5) is 21.4. The molecule has 0 atom stereocenters. The molecule has 5 nitrogen and oxygen atoms in total. The van der Waals surface area contributed by atoms with Crippen molar-refractivity contribution in [3.8, 4) is 5.75 Å². The number of hydrogen-bond acceptors (Lipinski definition) is 4. The lowest BCUT2D eigenvalue weighted by atomic mass is 10.2. The third-order valence-corrected chi connectivity index (χ3v) is 3.16. The van der Waals surface area contributed by atoms with E-state index in [0.717, 1.165) is 4.47 Å². The molecule has 0 aliphatic heterocycles. The van der Waals surface area contributed by atoms with Crippen molar-refractivity contribution >= 4 is 27.9 Å². The largest absolute Gasteiger partial charge is 0.488 e. The number of hydrogen-bond donors (Lipinski definition) is 0. The lowest BCUT2D eigenvalue weighted by Crippen LogP contribution is -2.01. The van der Waals surface area contributed by atoms with Gasteiger partial charge in [0, 0.05) is 10.5 Å². The number of nitro groups is 1. The number of carbonyl (C=O) groups is 1.